The summed E-state index contributed by atoms with van der Waals surface area (Å²) in [7, 11) is 0. The maximum atomic E-state index is 13.4. The van der Waals surface area contributed by atoms with Gasteiger partial charge in [0, 0.05) is 28.3 Å². The van der Waals surface area contributed by atoms with E-state index in [0.29, 0.717) is 16.6 Å². The van der Waals surface area contributed by atoms with Crippen molar-refractivity contribution in [2.45, 2.75) is 0 Å². The Kier molecular flexibility index (Phi) is 7.57. The minimum absolute atomic E-state index is 0.0671. The normalized spacial score (nSPS) is 10.8. The lowest BCUT2D eigenvalue weighted by Crippen LogP contribution is -2.20. The molecule has 12 heteroatoms. The lowest BCUT2D eigenvalue weighted by atomic mass is 10.1. The van der Waals surface area contributed by atoms with Crippen LogP contribution in [0.25, 0.3) is 16.8 Å². The highest BCUT2D eigenvalue weighted by molar-refractivity contribution is 9.09. The largest absolute Gasteiger partial charge is 0.448 e. The molecule has 1 aromatic carbocycles. The molecule has 3 aromatic heterocycles. The van der Waals surface area contributed by atoms with Gasteiger partial charge in [0.25, 0.3) is 5.91 Å². The number of halogens is 4. The Bertz CT molecular complexity index is 1400. The summed E-state index contributed by atoms with van der Waals surface area (Å²) in [6.45, 7) is 0.151. The first-order valence-electron chi connectivity index (χ1n) is 9.76. The topological polar surface area (TPSA) is 97.6 Å². The molecule has 2 amide bonds. The fourth-order valence-electron chi connectivity index (χ4n) is 3.24. The molecular weight excluding hydrogens is 569 g/mol. The van der Waals surface area contributed by atoms with Crippen LogP contribution in [-0.2, 0) is 4.74 Å². The first-order chi connectivity index (χ1) is 16.4. The summed E-state index contributed by atoms with van der Waals surface area (Å²) < 4.78 is 6.80. The molecule has 0 saturated heterocycles. The minimum atomic E-state index is -0.733. The summed E-state index contributed by atoms with van der Waals surface area (Å²) >= 11 is 22.0. The number of pyridine rings is 1. The first kappa shape index (κ1) is 24.3. The molecule has 0 radical (unpaired) electrons. The summed E-state index contributed by atoms with van der Waals surface area (Å²) in [5.41, 5.74) is 2.07. The second kappa shape index (κ2) is 10.6. The molecule has 3 heterocycles. The van der Waals surface area contributed by atoms with Gasteiger partial charge in [0.15, 0.2) is 5.69 Å². The Morgan fingerprint density at radius 2 is 1.91 bits per heavy atom. The van der Waals surface area contributed by atoms with E-state index in [1.165, 1.54) is 12.1 Å². The Hall–Kier alpha value is -2.85. The Morgan fingerprint density at radius 3 is 2.68 bits per heavy atom. The van der Waals surface area contributed by atoms with Crippen molar-refractivity contribution in [2.75, 3.05) is 22.6 Å². The predicted octanol–water partition coefficient (Wildman–Crippen LogP) is 6.55. The van der Waals surface area contributed by atoms with Crippen LogP contribution in [-0.4, -0.2) is 38.3 Å². The maximum absolute atomic E-state index is 13.4. The molecule has 0 aliphatic carbocycles. The number of carbonyl (C=O) groups excluding carboxylic acids is 2. The number of alkyl halides is 1. The van der Waals surface area contributed by atoms with Gasteiger partial charge in [-0.1, -0.05) is 50.7 Å². The molecule has 0 spiro atoms. The van der Waals surface area contributed by atoms with Gasteiger partial charge in [0.2, 0.25) is 0 Å². The van der Waals surface area contributed by atoms with Crippen molar-refractivity contribution < 1.29 is 14.3 Å². The fourth-order valence-corrected chi connectivity index (χ4v) is 4.16. The molecule has 4 rings (SSSR count). The third-order valence-corrected chi connectivity index (χ3v) is 5.78. The average molecular weight is 584 g/mol. The van der Waals surface area contributed by atoms with Gasteiger partial charge in [-0.2, -0.15) is 0 Å². The number of aromatic nitrogens is 3. The van der Waals surface area contributed by atoms with Crippen LogP contribution in [0.3, 0.4) is 0 Å². The smallest absolute Gasteiger partial charge is 0.411 e. The fraction of sp³-hybridized carbons (Fsp3) is 0.0909. The van der Waals surface area contributed by atoms with E-state index in [4.69, 9.17) is 39.5 Å². The third-order valence-electron chi connectivity index (χ3n) is 4.64. The van der Waals surface area contributed by atoms with Crippen LogP contribution in [0.4, 0.5) is 16.2 Å². The number of fused-ring (bicyclic) bond motifs is 1. The molecule has 0 saturated carbocycles. The summed E-state index contributed by atoms with van der Waals surface area (Å²) in [6.07, 6.45) is 4.16. The number of anilines is 2. The van der Waals surface area contributed by atoms with E-state index in [1.807, 2.05) is 12.1 Å². The molecule has 0 aliphatic heterocycles. The van der Waals surface area contributed by atoms with Gasteiger partial charge in [0.05, 0.1) is 33.8 Å². The molecule has 4 aromatic rings. The quantitative estimate of drug-likeness (QED) is 0.198. The van der Waals surface area contributed by atoms with Crippen molar-refractivity contribution in [1.82, 2.24) is 14.4 Å². The van der Waals surface area contributed by atoms with Gasteiger partial charge in [-0.25, -0.2) is 14.8 Å². The van der Waals surface area contributed by atoms with Crippen molar-refractivity contribution in [3.8, 4) is 11.3 Å². The zero-order valence-electron chi connectivity index (χ0n) is 17.2. The predicted molar refractivity (Wildman–Crippen MR) is 137 cm³/mol. The number of hydrogen-bond acceptors (Lipinski definition) is 5. The SMILES string of the molecule is O=C(Nc1cc(Cl)cc(Cl)c1NC(=O)c1ncc2cccn2c1-c1cccnc1Cl)OCCBr. The van der Waals surface area contributed by atoms with E-state index < -0.39 is 12.0 Å². The van der Waals surface area contributed by atoms with Crippen molar-refractivity contribution in [1.29, 1.82) is 0 Å². The molecule has 174 valence electrons. The average Bonchev–Trinajstić information content (AvgIpc) is 3.28. The van der Waals surface area contributed by atoms with Crippen LogP contribution in [0.1, 0.15) is 10.5 Å². The molecule has 0 bridgehead atoms. The van der Waals surface area contributed by atoms with Gasteiger partial charge >= 0.3 is 6.09 Å². The number of amides is 2. The Morgan fingerprint density at radius 1 is 1.09 bits per heavy atom. The molecule has 2 N–H and O–H groups in total. The number of rotatable bonds is 6. The number of nitrogens with zero attached hydrogens (tertiary/aromatic N) is 3. The Labute approximate surface area is 217 Å². The van der Waals surface area contributed by atoms with E-state index in [1.54, 1.807) is 35.1 Å². The molecule has 34 heavy (non-hydrogen) atoms. The van der Waals surface area contributed by atoms with Crippen LogP contribution in [0, 0.1) is 0 Å². The molecule has 0 unspecified atom stereocenters. The van der Waals surface area contributed by atoms with Crippen molar-refractivity contribution >= 4 is 79.6 Å². The summed E-state index contributed by atoms with van der Waals surface area (Å²) in [5.74, 6) is -0.591. The number of benzene rings is 1. The van der Waals surface area contributed by atoms with Gasteiger partial charge in [-0.15, -0.1) is 0 Å². The first-order valence-corrected chi connectivity index (χ1v) is 12.0. The van der Waals surface area contributed by atoms with Gasteiger partial charge in [0.1, 0.15) is 11.8 Å². The van der Waals surface area contributed by atoms with E-state index in [-0.39, 0.29) is 38.9 Å². The molecule has 0 atom stereocenters. The van der Waals surface area contributed by atoms with E-state index in [2.05, 4.69) is 36.5 Å². The van der Waals surface area contributed by atoms with Gasteiger partial charge < -0.3 is 14.5 Å². The van der Waals surface area contributed by atoms with E-state index in [9.17, 15) is 9.59 Å². The van der Waals surface area contributed by atoms with Crippen LogP contribution in [0.5, 0.6) is 0 Å². The van der Waals surface area contributed by atoms with E-state index in [0.717, 1.165) is 5.52 Å². The number of carbonyl (C=O) groups is 2. The van der Waals surface area contributed by atoms with Gasteiger partial charge in [-0.3, -0.25) is 10.1 Å². The molecule has 0 aliphatic rings. The highest BCUT2D eigenvalue weighted by atomic mass is 79.9. The zero-order chi connectivity index (χ0) is 24.2. The van der Waals surface area contributed by atoms with Crippen molar-refractivity contribution in [3.63, 3.8) is 0 Å². The highest BCUT2D eigenvalue weighted by Gasteiger charge is 2.23. The maximum Gasteiger partial charge on any atom is 0.411 e. The zero-order valence-corrected chi connectivity index (χ0v) is 21.0. The second-order valence-corrected chi connectivity index (χ2v) is 8.81. The minimum Gasteiger partial charge on any atom is -0.448 e. The van der Waals surface area contributed by atoms with Crippen molar-refractivity contribution in [2.24, 2.45) is 0 Å². The molecule has 0 fully saturated rings. The number of nitrogens with one attached hydrogen (secondary N) is 2. The summed E-state index contributed by atoms with van der Waals surface area (Å²) in [6, 6.07) is 10.0. The van der Waals surface area contributed by atoms with Crippen molar-refractivity contribution in [3.05, 3.63) is 75.9 Å². The monoisotopic (exact) mass is 581 g/mol. The third kappa shape index (κ3) is 5.12. The Balaban J connectivity index is 1.76. The standard InChI is InChI=1S/C22H15BrCl3N5O3/c23-5-8-34-22(33)29-16-10-12(24)9-15(25)17(16)30-21(32)18-19(14-4-1-6-27-20(14)26)31-7-2-3-13(31)11-28-18/h1-4,6-7,9-11H,5,8H2,(H,29,33)(H,30,32). The summed E-state index contributed by atoms with van der Waals surface area (Å²) in [5, 5.41) is 6.31. The number of hydrogen-bond donors (Lipinski definition) is 2. The number of ether oxygens (including phenoxy) is 1. The van der Waals surface area contributed by atoms with Crippen LogP contribution < -0.4 is 10.6 Å². The van der Waals surface area contributed by atoms with E-state index >= 15 is 0 Å². The van der Waals surface area contributed by atoms with Gasteiger partial charge in [-0.05, 0) is 36.4 Å². The van der Waals surface area contributed by atoms with Crippen LogP contribution in [0.2, 0.25) is 15.2 Å². The lowest BCUT2D eigenvalue weighted by molar-refractivity contribution is 0.102. The lowest BCUT2D eigenvalue weighted by Gasteiger charge is -2.16. The van der Waals surface area contributed by atoms with Crippen LogP contribution in [0.15, 0.2) is 55.0 Å². The molecule has 8 nitrogen and oxygen atoms in total. The molecular formula is C22H15BrCl3N5O3. The summed E-state index contributed by atoms with van der Waals surface area (Å²) in [4.78, 5) is 34.0. The highest BCUT2D eigenvalue weighted by Crippen LogP contribution is 2.36. The van der Waals surface area contributed by atoms with Crippen LogP contribution >= 0.6 is 50.7 Å². The second-order valence-electron chi connectivity index (χ2n) is 6.81.